The van der Waals surface area contributed by atoms with Crippen molar-refractivity contribution in [2.75, 3.05) is 13.2 Å². The zero-order valence-corrected chi connectivity index (χ0v) is 24.0. The van der Waals surface area contributed by atoms with Crippen molar-refractivity contribution in [2.24, 2.45) is 0 Å². The second-order valence-electron chi connectivity index (χ2n) is 8.54. The van der Waals surface area contributed by atoms with Crippen molar-refractivity contribution in [1.82, 2.24) is 10.6 Å². The van der Waals surface area contributed by atoms with Gasteiger partial charge in [0.15, 0.2) is 0 Å². The molecule has 0 radical (unpaired) electrons. The summed E-state index contributed by atoms with van der Waals surface area (Å²) in [5.41, 5.74) is -0.0526. The third-order valence-electron chi connectivity index (χ3n) is 4.06. The van der Waals surface area contributed by atoms with Gasteiger partial charge in [0.05, 0.1) is 0 Å². The molecule has 1 aromatic carbocycles. The Labute approximate surface area is 232 Å². The Morgan fingerprint density at radius 3 is 2.13 bits per heavy atom. The van der Waals surface area contributed by atoms with E-state index in [4.69, 9.17) is 19.3 Å². The van der Waals surface area contributed by atoms with Crippen molar-refractivity contribution >= 4 is 24.1 Å². The monoisotopic (exact) mass is 548 g/mol. The van der Waals surface area contributed by atoms with E-state index < -0.39 is 35.8 Å². The average Bonchev–Trinajstić information content (AvgIpc) is 2.86. The van der Waals surface area contributed by atoms with Gasteiger partial charge in [-0.3, -0.25) is 4.79 Å². The molecule has 1 rings (SSSR count). The van der Waals surface area contributed by atoms with Gasteiger partial charge in [-0.05, 0) is 51.8 Å². The third kappa shape index (κ3) is 21.7. The van der Waals surface area contributed by atoms with Gasteiger partial charge in [0.1, 0.15) is 24.0 Å². The third-order valence-corrected chi connectivity index (χ3v) is 4.06. The van der Waals surface area contributed by atoms with E-state index in [-0.39, 0.29) is 38.2 Å². The maximum Gasteiger partial charge on any atom is 0.412 e. The van der Waals surface area contributed by atoms with Gasteiger partial charge in [0.2, 0.25) is 0 Å². The van der Waals surface area contributed by atoms with Crippen LogP contribution in [0.25, 0.3) is 0 Å². The van der Waals surface area contributed by atoms with Crippen LogP contribution in [0.3, 0.4) is 0 Å². The van der Waals surface area contributed by atoms with Crippen LogP contribution >= 0.6 is 0 Å². The number of nitrogens with one attached hydrogen (secondary N) is 2. The lowest BCUT2D eigenvalue weighted by atomic mass is 10.1. The lowest BCUT2D eigenvalue weighted by Crippen LogP contribution is -2.45. The molecule has 2 amide bonds. The zero-order chi connectivity index (χ0) is 30.3. The molecular weight excluding hydrogens is 504 g/mol. The lowest BCUT2D eigenvalue weighted by molar-refractivity contribution is -0.145. The molecule has 1 atom stereocenters. The molecule has 10 heteroatoms. The minimum Gasteiger partial charge on any atom is -0.481 e. The first-order valence-electron chi connectivity index (χ1n) is 12.7. The van der Waals surface area contributed by atoms with Crippen LogP contribution in [0, 0.1) is 0 Å². The van der Waals surface area contributed by atoms with Crippen LogP contribution in [0.1, 0.15) is 59.9 Å². The average molecular weight is 549 g/mol. The van der Waals surface area contributed by atoms with Crippen molar-refractivity contribution in [3.8, 4) is 5.75 Å². The predicted molar refractivity (Wildman–Crippen MR) is 152 cm³/mol. The van der Waals surface area contributed by atoms with Crippen LogP contribution < -0.4 is 15.4 Å². The normalized spacial score (nSPS) is 10.8. The van der Waals surface area contributed by atoms with E-state index in [0.29, 0.717) is 5.56 Å². The second kappa shape index (κ2) is 22.0. The number of esters is 1. The van der Waals surface area contributed by atoms with Gasteiger partial charge in [-0.25, -0.2) is 14.4 Å². The number of amides is 2. The summed E-state index contributed by atoms with van der Waals surface area (Å²) in [4.78, 5) is 46.6. The molecule has 10 nitrogen and oxygen atoms in total. The Kier molecular flexibility index (Phi) is 20.9. The molecule has 0 aliphatic heterocycles. The number of carbonyl (C=O) groups is 4. The Morgan fingerprint density at radius 1 is 1.05 bits per heavy atom. The Balaban J connectivity index is 0. The topological polar surface area (TPSA) is 140 Å². The minimum absolute atomic E-state index is 0.000311. The van der Waals surface area contributed by atoms with Gasteiger partial charge >= 0.3 is 24.1 Å². The molecule has 0 fully saturated rings. The summed E-state index contributed by atoms with van der Waals surface area (Å²) in [6.07, 6.45) is 5.89. The number of hydrogen-bond donors (Lipinski definition) is 3. The number of carbonyl (C=O) groups excluding carboxylic acids is 3. The summed E-state index contributed by atoms with van der Waals surface area (Å²) in [7, 11) is 0. The van der Waals surface area contributed by atoms with Crippen LogP contribution in [0.15, 0.2) is 61.7 Å². The van der Waals surface area contributed by atoms with Crippen molar-refractivity contribution in [1.29, 1.82) is 0 Å². The van der Waals surface area contributed by atoms with E-state index in [0.717, 1.165) is 0 Å². The summed E-state index contributed by atoms with van der Waals surface area (Å²) in [5.74, 6) is -1.32. The number of ether oxygens (including phenoxy) is 3. The Hall–Kier alpha value is -4.08. The van der Waals surface area contributed by atoms with Crippen LogP contribution in [0.5, 0.6) is 5.75 Å². The quantitative estimate of drug-likeness (QED) is 0.133. The van der Waals surface area contributed by atoms with Crippen molar-refractivity contribution in [2.45, 2.75) is 72.4 Å². The summed E-state index contributed by atoms with van der Waals surface area (Å²) in [6.45, 7) is 18.2. The molecule has 0 saturated heterocycles. The highest BCUT2D eigenvalue weighted by Gasteiger charge is 2.25. The largest absolute Gasteiger partial charge is 0.481 e. The first-order chi connectivity index (χ1) is 18.4. The molecule has 218 valence electrons. The molecule has 39 heavy (non-hydrogen) atoms. The summed E-state index contributed by atoms with van der Waals surface area (Å²) in [6, 6.07) is 5.35. The number of allylic oxidation sites excluding steroid dienone is 3. The van der Waals surface area contributed by atoms with Gasteiger partial charge < -0.3 is 30.0 Å². The fraction of sp³-hybridized carbons (Fsp3) is 0.448. The fourth-order valence-corrected chi connectivity index (χ4v) is 2.52. The summed E-state index contributed by atoms with van der Waals surface area (Å²) in [5, 5.41) is 13.5. The number of benzene rings is 1. The molecule has 0 aliphatic carbocycles. The minimum atomic E-state index is -0.992. The smallest absolute Gasteiger partial charge is 0.412 e. The maximum absolute atomic E-state index is 12.3. The molecule has 0 spiro atoms. The highest BCUT2D eigenvalue weighted by atomic mass is 16.6. The van der Waals surface area contributed by atoms with Crippen molar-refractivity contribution < 1.29 is 38.5 Å². The van der Waals surface area contributed by atoms with Gasteiger partial charge in [-0.15, -0.1) is 0 Å². The first kappa shape index (κ1) is 37.1. The molecule has 0 aliphatic rings. The van der Waals surface area contributed by atoms with E-state index in [1.165, 1.54) is 18.2 Å². The number of alkyl carbamates (subject to hydrolysis) is 1. The SMILES string of the molecule is C=C/C=C\C.C=CCOC(=O)[C@H](Cc1ccc(OC(=O)NCCCC(=O)O)cc1)NC(=O)OC(C)(C)C.CC. The summed E-state index contributed by atoms with van der Waals surface area (Å²) < 4.78 is 15.4. The van der Waals surface area contributed by atoms with Crippen molar-refractivity contribution in [3.63, 3.8) is 0 Å². The fourth-order valence-electron chi connectivity index (χ4n) is 2.52. The molecule has 1 aromatic rings. The van der Waals surface area contributed by atoms with Crippen LogP contribution in [0.4, 0.5) is 9.59 Å². The Bertz CT molecular complexity index is 918. The molecule has 3 N–H and O–H groups in total. The maximum atomic E-state index is 12.3. The number of aliphatic carboxylic acids is 1. The first-order valence-corrected chi connectivity index (χ1v) is 12.7. The van der Waals surface area contributed by atoms with Crippen LogP contribution in [-0.2, 0) is 25.5 Å². The van der Waals surface area contributed by atoms with Crippen LogP contribution in [0.2, 0.25) is 0 Å². The van der Waals surface area contributed by atoms with E-state index >= 15 is 0 Å². The molecule has 0 bridgehead atoms. The van der Waals surface area contributed by atoms with Gasteiger partial charge in [-0.2, -0.15) is 0 Å². The zero-order valence-electron chi connectivity index (χ0n) is 24.0. The van der Waals surface area contributed by atoms with Gasteiger partial charge in [0.25, 0.3) is 0 Å². The van der Waals surface area contributed by atoms with Crippen LogP contribution in [-0.4, -0.2) is 54.0 Å². The number of hydrogen-bond acceptors (Lipinski definition) is 7. The lowest BCUT2D eigenvalue weighted by Gasteiger charge is -2.23. The molecular formula is C29H44N2O8. The highest BCUT2D eigenvalue weighted by Crippen LogP contribution is 2.15. The van der Waals surface area contributed by atoms with E-state index in [1.807, 2.05) is 32.9 Å². The van der Waals surface area contributed by atoms with Gasteiger partial charge in [-0.1, -0.05) is 63.4 Å². The van der Waals surface area contributed by atoms with E-state index in [2.05, 4.69) is 23.8 Å². The standard InChI is InChI=1S/C22H30N2O8.C5H8.C2H6/c1-5-13-30-19(27)17(24-21(29)32-22(2,3)4)14-15-8-10-16(11-9-15)31-20(28)23-12-6-7-18(25)26;1-3-5-4-2;1-2/h5,8-11,17H,1,6-7,12-14H2,2-4H3,(H,23,28)(H,24,29)(H,25,26);3-5H,1H2,2H3;1-2H3/b;5-4-;/t17-;;/m0../s1. The second-order valence-corrected chi connectivity index (χ2v) is 8.54. The molecule has 0 saturated carbocycles. The van der Waals surface area contributed by atoms with Gasteiger partial charge in [0, 0.05) is 19.4 Å². The number of carboxylic acid groups (broad SMARTS) is 1. The van der Waals surface area contributed by atoms with Crippen molar-refractivity contribution in [3.05, 3.63) is 67.3 Å². The highest BCUT2D eigenvalue weighted by molar-refractivity contribution is 5.82. The molecule has 0 heterocycles. The molecule has 0 unspecified atom stereocenters. The number of rotatable bonds is 12. The Morgan fingerprint density at radius 2 is 1.67 bits per heavy atom. The summed E-state index contributed by atoms with van der Waals surface area (Å²) >= 11 is 0. The predicted octanol–water partition coefficient (Wildman–Crippen LogP) is 5.58. The van der Waals surface area contributed by atoms with E-state index in [9.17, 15) is 19.2 Å². The van der Waals surface area contributed by atoms with E-state index in [1.54, 1.807) is 39.0 Å². The molecule has 0 aromatic heterocycles. The number of carboxylic acids is 1.